The summed E-state index contributed by atoms with van der Waals surface area (Å²) in [6, 6.07) is 23.6. The van der Waals surface area contributed by atoms with E-state index in [1.165, 1.54) is 8.05 Å². The Kier molecular flexibility index (Phi) is 6.05. The minimum atomic E-state index is -0.394. The number of rotatable bonds is 7. The van der Waals surface area contributed by atoms with Crippen LogP contribution >= 0.6 is 0 Å². The fraction of sp³-hybridized carbons (Fsp3) is 0.0909. The van der Waals surface area contributed by atoms with Gasteiger partial charge in [-0.3, -0.25) is 9.59 Å². The number of carbonyl (C=O) groups excluding carboxylic acids is 2. The molecule has 3 aromatic carbocycles. The van der Waals surface area contributed by atoms with E-state index in [0.29, 0.717) is 22.4 Å². The summed E-state index contributed by atoms with van der Waals surface area (Å²) in [5.41, 5.74) is 2.43. The van der Waals surface area contributed by atoms with E-state index in [4.69, 9.17) is 9.39 Å². The van der Waals surface area contributed by atoms with Crippen molar-refractivity contribution in [3.05, 3.63) is 101 Å². The SMILES string of the molecule is BOc1cccc(CC(=O)OCc2ccccc2)c1C(=O)c1ccccc1. The molecule has 4 nitrogen and oxygen atoms in total. The van der Waals surface area contributed by atoms with E-state index in [9.17, 15) is 9.59 Å². The van der Waals surface area contributed by atoms with E-state index in [-0.39, 0.29) is 18.8 Å². The monoisotopic (exact) mass is 358 g/mol. The van der Waals surface area contributed by atoms with Crippen LogP contribution in [0.5, 0.6) is 5.75 Å². The molecule has 0 amide bonds. The predicted octanol–water partition coefficient (Wildman–Crippen LogP) is 3.13. The number of ether oxygens (including phenoxy) is 1. The maximum absolute atomic E-state index is 13.0. The van der Waals surface area contributed by atoms with E-state index in [2.05, 4.69) is 0 Å². The van der Waals surface area contributed by atoms with E-state index in [1.54, 1.807) is 42.5 Å². The van der Waals surface area contributed by atoms with Crippen molar-refractivity contribution in [2.45, 2.75) is 13.0 Å². The summed E-state index contributed by atoms with van der Waals surface area (Å²) in [7, 11) is 1.51. The summed E-state index contributed by atoms with van der Waals surface area (Å²) < 4.78 is 10.7. The molecule has 0 radical (unpaired) electrons. The standard InChI is InChI=1S/C22H19BO4/c23-27-19-13-7-12-18(21(19)22(25)17-10-5-2-6-11-17)14-20(24)26-15-16-8-3-1-4-9-16/h1-13H,14-15,23H2. The van der Waals surface area contributed by atoms with Crippen molar-refractivity contribution < 1.29 is 19.0 Å². The normalized spacial score (nSPS) is 10.2. The highest BCUT2D eigenvalue weighted by Crippen LogP contribution is 2.26. The van der Waals surface area contributed by atoms with Crippen LogP contribution in [0.1, 0.15) is 27.0 Å². The second-order valence-electron chi connectivity index (χ2n) is 6.01. The van der Waals surface area contributed by atoms with Crippen molar-refractivity contribution in [3.63, 3.8) is 0 Å². The van der Waals surface area contributed by atoms with Crippen LogP contribution in [0.25, 0.3) is 0 Å². The number of hydrogen-bond donors (Lipinski definition) is 0. The number of benzene rings is 3. The van der Waals surface area contributed by atoms with E-state index in [0.717, 1.165) is 5.56 Å². The Morgan fingerprint density at radius 3 is 2.15 bits per heavy atom. The van der Waals surface area contributed by atoms with Gasteiger partial charge in [0.25, 0.3) is 0 Å². The topological polar surface area (TPSA) is 52.6 Å². The lowest BCUT2D eigenvalue weighted by atomic mass is 9.95. The smallest absolute Gasteiger partial charge is 0.322 e. The van der Waals surface area contributed by atoms with Crippen molar-refractivity contribution in [1.29, 1.82) is 0 Å². The number of carbonyl (C=O) groups is 2. The minimum absolute atomic E-state index is 0.00204. The third-order valence-corrected chi connectivity index (χ3v) is 4.17. The van der Waals surface area contributed by atoms with Gasteiger partial charge in [-0.25, -0.2) is 0 Å². The third-order valence-electron chi connectivity index (χ3n) is 4.17. The Hall–Kier alpha value is -3.34. The van der Waals surface area contributed by atoms with Gasteiger partial charge in [-0.1, -0.05) is 72.8 Å². The molecule has 134 valence electrons. The zero-order chi connectivity index (χ0) is 19.1. The molecule has 0 aliphatic carbocycles. The molecule has 5 heteroatoms. The Labute approximate surface area is 159 Å². The fourth-order valence-corrected chi connectivity index (χ4v) is 2.83. The van der Waals surface area contributed by atoms with Crippen LogP contribution in [0.15, 0.2) is 78.9 Å². The van der Waals surface area contributed by atoms with Crippen LogP contribution in [0, 0.1) is 0 Å². The number of esters is 1. The molecule has 0 aliphatic rings. The van der Waals surface area contributed by atoms with Gasteiger partial charge in [0.2, 0.25) is 0 Å². The van der Waals surface area contributed by atoms with E-state index < -0.39 is 5.97 Å². The molecule has 0 saturated heterocycles. The molecule has 0 unspecified atom stereocenters. The predicted molar refractivity (Wildman–Crippen MR) is 105 cm³/mol. The molecule has 3 rings (SSSR count). The van der Waals surface area contributed by atoms with Gasteiger partial charge in [-0.05, 0) is 17.2 Å². The van der Waals surface area contributed by atoms with Gasteiger partial charge in [0.1, 0.15) is 12.4 Å². The molecule has 3 aromatic rings. The highest BCUT2D eigenvalue weighted by molar-refractivity contribution is 6.13. The zero-order valence-electron chi connectivity index (χ0n) is 15.1. The Balaban J connectivity index is 1.81. The molecule has 0 aromatic heterocycles. The molecular formula is C22H19BO4. The summed E-state index contributed by atoms with van der Waals surface area (Å²) in [5, 5.41) is 0. The summed E-state index contributed by atoms with van der Waals surface area (Å²) in [5.74, 6) is -0.134. The highest BCUT2D eigenvalue weighted by Gasteiger charge is 2.20. The molecule has 0 heterocycles. The first-order chi connectivity index (χ1) is 13.2. The quantitative estimate of drug-likeness (QED) is 0.370. The Morgan fingerprint density at radius 1 is 0.815 bits per heavy atom. The Bertz CT molecular complexity index is 924. The Morgan fingerprint density at radius 2 is 1.48 bits per heavy atom. The highest BCUT2D eigenvalue weighted by atomic mass is 16.5. The average Bonchev–Trinajstić information content (AvgIpc) is 2.73. The van der Waals surface area contributed by atoms with Gasteiger partial charge in [-0.2, -0.15) is 0 Å². The van der Waals surface area contributed by atoms with Gasteiger partial charge >= 0.3 is 14.0 Å². The van der Waals surface area contributed by atoms with Crippen molar-refractivity contribution in [2.24, 2.45) is 0 Å². The largest absolute Gasteiger partial charge is 0.567 e. The lowest BCUT2D eigenvalue weighted by Crippen LogP contribution is -2.13. The van der Waals surface area contributed by atoms with E-state index >= 15 is 0 Å². The number of ketones is 1. The first-order valence-electron chi connectivity index (χ1n) is 8.64. The molecule has 0 saturated carbocycles. The summed E-state index contributed by atoms with van der Waals surface area (Å²) in [6.45, 7) is 0.200. The molecule has 0 fully saturated rings. The molecule has 0 spiro atoms. The van der Waals surface area contributed by atoms with Gasteiger partial charge in [0.05, 0.1) is 12.0 Å². The van der Waals surface area contributed by atoms with Crippen LogP contribution in [0.2, 0.25) is 0 Å². The summed E-state index contributed by atoms with van der Waals surface area (Å²) in [6.07, 6.45) is -0.00204. The van der Waals surface area contributed by atoms with Crippen LogP contribution in [0.3, 0.4) is 0 Å². The minimum Gasteiger partial charge on any atom is -0.567 e. The van der Waals surface area contributed by atoms with Crippen molar-refractivity contribution in [2.75, 3.05) is 0 Å². The lowest BCUT2D eigenvalue weighted by Gasteiger charge is -2.13. The van der Waals surface area contributed by atoms with Gasteiger partial charge in [-0.15, -0.1) is 0 Å². The first-order valence-corrected chi connectivity index (χ1v) is 8.64. The van der Waals surface area contributed by atoms with Gasteiger partial charge < -0.3 is 9.39 Å². The van der Waals surface area contributed by atoms with Crippen LogP contribution < -0.4 is 4.65 Å². The first kappa shape index (κ1) is 18.5. The van der Waals surface area contributed by atoms with E-state index in [1.807, 2.05) is 36.4 Å². The molecule has 0 N–H and O–H groups in total. The number of hydrogen-bond acceptors (Lipinski definition) is 4. The van der Waals surface area contributed by atoms with Gasteiger partial charge in [0, 0.05) is 5.56 Å². The second-order valence-corrected chi connectivity index (χ2v) is 6.01. The third kappa shape index (κ3) is 4.64. The molecule has 0 bridgehead atoms. The van der Waals surface area contributed by atoms with Crippen molar-refractivity contribution in [3.8, 4) is 5.75 Å². The summed E-state index contributed by atoms with van der Waals surface area (Å²) >= 11 is 0. The molecule has 0 atom stereocenters. The van der Waals surface area contributed by atoms with Crippen LogP contribution in [-0.2, 0) is 22.6 Å². The average molecular weight is 358 g/mol. The lowest BCUT2D eigenvalue weighted by molar-refractivity contribution is -0.144. The molecular weight excluding hydrogens is 339 g/mol. The zero-order valence-corrected chi connectivity index (χ0v) is 15.1. The maximum Gasteiger partial charge on any atom is 0.322 e. The molecule has 27 heavy (non-hydrogen) atoms. The fourth-order valence-electron chi connectivity index (χ4n) is 2.83. The second kappa shape index (κ2) is 8.85. The van der Waals surface area contributed by atoms with Crippen molar-refractivity contribution in [1.82, 2.24) is 0 Å². The van der Waals surface area contributed by atoms with Crippen molar-refractivity contribution >= 4 is 19.8 Å². The summed E-state index contributed by atoms with van der Waals surface area (Å²) in [4.78, 5) is 25.3. The maximum atomic E-state index is 13.0. The van der Waals surface area contributed by atoms with Crippen LogP contribution in [-0.4, -0.2) is 19.8 Å². The molecule has 0 aliphatic heterocycles. The van der Waals surface area contributed by atoms with Gasteiger partial charge in [0.15, 0.2) is 5.78 Å². The van der Waals surface area contributed by atoms with Crippen LogP contribution in [0.4, 0.5) is 0 Å².